The van der Waals surface area contributed by atoms with Crippen LogP contribution in [-0.4, -0.2) is 27.5 Å². The summed E-state index contributed by atoms with van der Waals surface area (Å²) in [6.45, 7) is 0.400. The first-order valence-corrected chi connectivity index (χ1v) is 6.47. The summed E-state index contributed by atoms with van der Waals surface area (Å²) in [5.74, 6) is -0.367. The topological polar surface area (TPSA) is 79.2 Å². The predicted octanol–water partition coefficient (Wildman–Crippen LogP) is 1.09. The molecule has 1 atom stereocenters. The maximum absolute atomic E-state index is 12.8. The molecule has 0 aliphatic rings. The van der Waals surface area contributed by atoms with Crippen LogP contribution in [0.5, 0.6) is 0 Å². The minimum absolute atomic E-state index is 0.0461. The zero-order chi connectivity index (χ0) is 15.2. The summed E-state index contributed by atoms with van der Waals surface area (Å²) in [6, 6.07) is 5.10. The number of aliphatic hydroxyl groups is 1. The number of urea groups is 1. The molecule has 0 aliphatic heterocycles. The second kappa shape index (κ2) is 6.85. The number of nitrogens with zero attached hydrogens (tertiary/aromatic N) is 2. The molecule has 1 aromatic carbocycles. The minimum atomic E-state index is -0.880. The van der Waals surface area contributed by atoms with E-state index in [1.807, 2.05) is 0 Å². The van der Waals surface area contributed by atoms with E-state index < -0.39 is 6.10 Å². The third-order valence-electron chi connectivity index (χ3n) is 2.92. The van der Waals surface area contributed by atoms with Crippen LogP contribution < -0.4 is 10.6 Å². The van der Waals surface area contributed by atoms with Crippen LogP contribution >= 0.6 is 0 Å². The van der Waals surface area contributed by atoms with Crippen molar-refractivity contribution in [2.45, 2.75) is 12.6 Å². The lowest BCUT2D eigenvalue weighted by Crippen LogP contribution is -2.37. The maximum atomic E-state index is 12.8. The Balaban J connectivity index is 1.74. The van der Waals surface area contributed by atoms with E-state index in [-0.39, 0.29) is 18.4 Å². The second-order valence-corrected chi connectivity index (χ2v) is 4.65. The minimum Gasteiger partial charge on any atom is -0.387 e. The summed E-state index contributed by atoms with van der Waals surface area (Å²) < 4.78 is 14.4. The Morgan fingerprint density at radius 2 is 2.10 bits per heavy atom. The highest BCUT2D eigenvalue weighted by Gasteiger charge is 2.09. The fourth-order valence-corrected chi connectivity index (χ4v) is 1.80. The lowest BCUT2D eigenvalue weighted by atomic mass is 10.1. The SMILES string of the molecule is Cn1cc(CNC(=O)NCC(O)c2ccc(F)cc2)cn1. The van der Waals surface area contributed by atoms with Crippen molar-refractivity contribution < 1.29 is 14.3 Å². The molecule has 7 heteroatoms. The van der Waals surface area contributed by atoms with Crippen LogP contribution in [0.2, 0.25) is 0 Å². The van der Waals surface area contributed by atoms with Gasteiger partial charge in [-0.15, -0.1) is 0 Å². The van der Waals surface area contributed by atoms with E-state index in [0.717, 1.165) is 5.56 Å². The van der Waals surface area contributed by atoms with E-state index in [1.165, 1.54) is 24.3 Å². The molecular weight excluding hydrogens is 275 g/mol. The van der Waals surface area contributed by atoms with E-state index in [1.54, 1.807) is 24.1 Å². The van der Waals surface area contributed by atoms with Crippen LogP contribution in [0, 0.1) is 5.82 Å². The average Bonchev–Trinajstić information content (AvgIpc) is 2.89. The Kier molecular flexibility index (Phi) is 4.89. The number of carbonyl (C=O) groups excluding carboxylic acids is 1. The first-order valence-electron chi connectivity index (χ1n) is 6.47. The van der Waals surface area contributed by atoms with Gasteiger partial charge in [0.1, 0.15) is 5.82 Å². The average molecular weight is 292 g/mol. The van der Waals surface area contributed by atoms with Crippen molar-refractivity contribution in [1.29, 1.82) is 0 Å². The molecule has 0 bridgehead atoms. The third-order valence-corrected chi connectivity index (χ3v) is 2.92. The van der Waals surface area contributed by atoms with Crippen molar-refractivity contribution in [2.24, 2.45) is 7.05 Å². The van der Waals surface area contributed by atoms with E-state index >= 15 is 0 Å². The molecule has 112 valence electrons. The number of benzene rings is 1. The highest BCUT2D eigenvalue weighted by molar-refractivity contribution is 5.73. The maximum Gasteiger partial charge on any atom is 0.315 e. The number of hydrogen-bond acceptors (Lipinski definition) is 3. The van der Waals surface area contributed by atoms with Gasteiger partial charge in [0, 0.05) is 31.9 Å². The molecule has 0 spiro atoms. The zero-order valence-electron chi connectivity index (χ0n) is 11.6. The third kappa shape index (κ3) is 4.57. The standard InChI is InChI=1S/C14H17FN4O2/c1-19-9-10(7-18-19)6-16-14(21)17-8-13(20)11-2-4-12(15)5-3-11/h2-5,7,9,13,20H,6,8H2,1H3,(H2,16,17,21). The number of aryl methyl sites for hydroxylation is 1. The lowest BCUT2D eigenvalue weighted by Gasteiger charge is -2.12. The molecule has 2 aromatic rings. The number of aromatic nitrogens is 2. The second-order valence-electron chi connectivity index (χ2n) is 4.65. The molecule has 0 fully saturated rings. The molecule has 3 N–H and O–H groups in total. The Morgan fingerprint density at radius 1 is 1.38 bits per heavy atom. The van der Waals surface area contributed by atoms with Crippen LogP contribution in [0.4, 0.5) is 9.18 Å². The molecule has 1 aromatic heterocycles. The monoisotopic (exact) mass is 292 g/mol. The molecule has 2 amide bonds. The van der Waals surface area contributed by atoms with Crippen molar-refractivity contribution >= 4 is 6.03 Å². The van der Waals surface area contributed by atoms with Crippen LogP contribution in [0.1, 0.15) is 17.2 Å². The van der Waals surface area contributed by atoms with Gasteiger partial charge >= 0.3 is 6.03 Å². The van der Waals surface area contributed by atoms with E-state index in [0.29, 0.717) is 12.1 Å². The van der Waals surface area contributed by atoms with E-state index in [2.05, 4.69) is 15.7 Å². The fraction of sp³-hybridized carbons (Fsp3) is 0.286. The molecule has 21 heavy (non-hydrogen) atoms. The molecular formula is C14H17FN4O2. The summed E-state index contributed by atoms with van der Waals surface area (Å²) in [5, 5.41) is 19.1. The van der Waals surface area contributed by atoms with Crippen molar-refractivity contribution in [3.63, 3.8) is 0 Å². The molecule has 1 heterocycles. The highest BCUT2D eigenvalue weighted by atomic mass is 19.1. The van der Waals surface area contributed by atoms with Gasteiger partial charge in [-0.25, -0.2) is 9.18 Å². The highest BCUT2D eigenvalue weighted by Crippen LogP contribution is 2.12. The van der Waals surface area contributed by atoms with Gasteiger partial charge in [-0.05, 0) is 17.7 Å². The Bertz CT molecular complexity index is 597. The molecule has 6 nitrogen and oxygen atoms in total. The smallest absolute Gasteiger partial charge is 0.315 e. The molecule has 0 aliphatic carbocycles. The van der Waals surface area contributed by atoms with E-state index in [9.17, 15) is 14.3 Å². The summed E-state index contributed by atoms with van der Waals surface area (Å²) in [4.78, 5) is 11.6. The van der Waals surface area contributed by atoms with Crippen LogP contribution in [-0.2, 0) is 13.6 Å². The summed E-state index contributed by atoms with van der Waals surface area (Å²) >= 11 is 0. The van der Waals surface area contributed by atoms with Crippen LogP contribution in [0.25, 0.3) is 0 Å². The molecule has 2 rings (SSSR count). The van der Waals surface area contributed by atoms with Crippen molar-refractivity contribution in [3.8, 4) is 0 Å². The lowest BCUT2D eigenvalue weighted by molar-refractivity contribution is 0.173. The zero-order valence-corrected chi connectivity index (χ0v) is 11.6. The van der Waals surface area contributed by atoms with Gasteiger partial charge in [-0.2, -0.15) is 5.10 Å². The van der Waals surface area contributed by atoms with Crippen LogP contribution in [0.15, 0.2) is 36.7 Å². The van der Waals surface area contributed by atoms with Gasteiger partial charge in [0.15, 0.2) is 0 Å². The number of halogens is 1. The van der Waals surface area contributed by atoms with Gasteiger partial charge in [0.05, 0.1) is 12.3 Å². The first kappa shape index (κ1) is 15.0. The number of nitrogens with one attached hydrogen (secondary N) is 2. The van der Waals surface area contributed by atoms with Gasteiger partial charge in [-0.3, -0.25) is 4.68 Å². The van der Waals surface area contributed by atoms with E-state index in [4.69, 9.17) is 0 Å². The number of amides is 2. The number of rotatable bonds is 5. The van der Waals surface area contributed by atoms with Crippen molar-refractivity contribution in [3.05, 3.63) is 53.6 Å². The van der Waals surface area contributed by atoms with Gasteiger partial charge in [0.2, 0.25) is 0 Å². The Morgan fingerprint density at radius 3 is 2.71 bits per heavy atom. The van der Waals surface area contributed by atoms with Crippen LogP contribution in [0.3, 0.4) is 0 Å². The summed E-state index contributed by atoms with van der Waals surface area (Å²) in [6.07, 6.45) is 2.58. The predicted molar refractivity (Wildman–Crippen MR) is 74.8 cm³/mol. The normalized spacial score (nSPS) is 12.0. The Labute approximate surface area is 121 Å². The van der Waals surface area contributed by atoms with Gasteiger partial charge in [0.25, 0.3) is 0 Å². The van der Waals surface area contributed by atoms with Gasteiger partial charge < -0.3 is 15.7 Å². The number of aliphatic hydroxyl groups excluding tert-OH is 1. The van der Waals surface area contributed by atoms with Crippen molar-refractivity contribution in [1.82, 2.24) is 20.4 Å². The summed E-state index contributed by atoms with van der Waals surface area (Å²) in [7, 11) is 1.79. The fourth-order valence-electron chi connectivity index (χ4n) is 1.80. The summed E-state index contributed by atoms with van der Waals surface area (Å²) in [5.41, 5.74) is 1.43. The first-order chi connectivity index (χ1) is 10.0. The Hall–Kier alpha value is -2.41. The molecule has 0 saturated carbocycles. The van der Waals surface area contributed by atoms with Crippen molar-refractivity contribution in [2.75, 3.05) is 6.54 Å². The van der Waals surface area contributed by atoms with Gasteiger partial charge in [-0.1, -0.05) is 12.1 Å². The molecule has 0 radical (unpaired) electrons. The molecule has 0 saturated heterocycles. The largest absolute Gasteiger partial charge is 0.387 e. The quantitative estimate of drug-likeness (QED) is 0.772. The number of carbonyl (C=O) groups is 1. The molecule has 1 unspecified atom stereocenters. The number of hydrogen-bond donors (Lipinski definition) is 3.